The summed E-state index contributed by atoms with van der Waals surface area (Å²) in [6.07, 6.45) is -0.659. The lowest BCUT2D eigenvalue weighted by atomic mass is 10.2. The number of anilines is 1. The zero-order chi connectivity index (χ0) is 15.2. The van der Waals surface area contributed by atoms with Crippen molar-refractivity contribution < 1.29 is 14.2 Å². The highest BCUT2D eigenvalue weighted by Gasteiger charge is 2.07. The summed E-state index contributed by atoms with van der Waals surface area (Å²) in [6.45, 7) is 2.51. The molecule has 3 nitrogen and oxygen atoms in total. The Morgan fingerprint density at radius 3 is 2.67 bits per heavy atom. The van der Waals surface area contributed by atoms with Crippen molar-refractivity contribution in [2.45, 2.75) is 13.0 Å². The van der Waals surface area contributed by atoms with E-state index in [1.807, 2.05) is 25.1 Å². The predicted molar refractivity (Wildman–Crippen MR) is 85.3 cm³/mol. The van der Waals surface area contributed by atoms with Crippen LogP contribution in [0.3, 0.4) is 0 Å². The van der Waals surface area contributed by atoms with E-state index in [-0.39, 0.29) is 12.4 Å². The number of rotatable bonds is 6. The smallest absolute Gasteiger partial charge is 0.123 e. The number of aliphatic hydroxyl groups excluding tert-OH is 1. The molecule has 0 aliphatic heterocycles. The summed E-state index contributed by atoms with van der Waals surface area (Å²) in [7, 11) is 0. The van der Waals surface area contributed by atoms with Gasteiger partial charge >= 0.3 is 0 Å². The Morgan fingerprint density at radius 1 is 1.24 bits per heavy atom. The molecule has 0 fully saturated rings. The molecule has 2 aromatic rings. The lowest BCUT2D eigenvalue weighted by molar-refractivity contribution is 0.117. The Balaban J connectivity index is 1.80. The summed E-state index contributed by atoms with van der Waals surface area (Å²) in [5, 5.41) is 13.1. The molecule has 0 radical (unpaired) electrons. The molecule has 0 saturated heterocycles. The van der Waals surface area contributed by atoms with Crippen molar-refractivity contribution in [3.8, 4) is 5.75 Å². The molecule has 0 amide bonds. The Labute approximate surface area is 131 Å². The fraction of sp³-hybridized carbons (Fsp3) is 0.250. The second kappa shape index (κ2) is 7.43. The van der Waals surface area contributed by atoms with Gasteiger partial charge in [-0.15, -0.1) is 0 Å². The molecule has 2 aromatic carbocycles. The van der Waals surface area contributed by atoms with Gasteiger partial charge in [-0.25, -0.2) is 4.39 Å². The first-order chi connectivity index (χ1) is 10.1. The average molecular weight is 354 g/mol. The van der Waals surface area contributed by atoms with E-state index < -0.39 is 6.10 Å². The molecule has 112 valence electrons. The van der Waals surface area contributed by atoms with E-state index in [2.05, 4.69) is 21.2 Å². The summed E-state index contributed by atoms with van der Waals surface area (Å²) in [5.41, 5.74) is 2.05. The van der Waals surface area contributed by atoms with Gasteiger partial charge in [0, 0.05) is 16.7 Å². The van der Waals surface area contributed by atoms with Crippen molar-refractivity contribution in [1.29, 1.82) is 0 Å². The third-order valence-corrected chi connectivity index (χ3v) is 3.91. The Kier molecular flexibility index (Phi) is 5.59. The van der Waals surface area contributed by atoms with Crippen molar-refractivity contribution in [3.05, 3.63) is 58.3 Å². The summed E-state index contributed by atoms with van der Waals surface area (Å²) in [5.74, 6) is 0.226. The highest BCUT2D eigenvalue weighted by Crippen LogP contribution is 2.23. The minimum Gasteiger partial charge on any atom is -0.491 e. The molecule has 0 aromatic heterocycles. The molecule has 0 spiro atoms. The molecule has 1 atom stereocenters. The van der Waals surface area contributed by atoms with Gasteiger partial charge in [0.15, 0.2) is 0 Å². The monoisotopic (exact) mass is 353 g/mol. The van der Waals surface area contributed by atoms with Crippen LogP contribution in [0.15, 0.2) is 46.9 Å². The van der Waals surface area contributed by atoms with Crippen LogP contribution in [0.25, 0.3) is 0 Å². The van der Waals surface area contributed by atoms with Crippen LogP contribution >= 0.6 is 15.9 Å². The molecule has 2 N–H and O–H groups in total. The first kappa shape index (κ1) is 15.8. The van der Waals surface area contributed by atoms with E-state index >= 15 is 0 Å². The molecule has 0 aliphatic carbocycles. The minimum atomic E-state index is -0.659. The van der Waals surface area contributed by atoms with E-state index in [9.17, 15) is 9.50 Å². The molecular formula is C16H17BrFNO2. The van der Waals surface area contributed by atoms with Crippen LogP contribution in [0.2, 0.25) is 0 Å². The van der Waals surface area contributed by atoms with Gasteiger partial charge in [-0.3, -0.25) is 0 Å². The summed E-state index contributed by atoms with van der Waals surface area (Å²) >= 11 is 3.46. The maximum absolute atomic E-state index is 12.7. The van der Waals surface area contributed by atoms with Gasteiger partial charge < -0.3 is 15.2 Å². The molecule has 0 aliphatic rings. The van der Waals surface area contributed by atoms with Crippen LogP contribution in [0.5, 0.6) is 5.75 Å². The van der Waals surface area contributed by atoms with Gasteiger partial charge in [-0.2, -0.15) is 0 Å². The third-order valence-electron chi connectivity index (χ3n) is 3.05. The van der Waals surface area contributed by atoms with Crippen LogP contribution in [0.1, 0.15) is 5.56 Å². The van der Waals surface area contributed by atoms with Gasteiger partial charge in [-0.05, 0) is 48.9 Å². The van der Waals surface area contributed by atoms with Crippen LogP contribution in [0.4, 0.5) is 10.1 Å². The molecule has 0 saturated carbocycles. The molecule has 2 rings (SSSR count). The van der Waals surface area contributed by atoms with Gasteiger partial charge in [0.05, 0.1) is 0 Å². The fourth-order valence-electron chi connectivity index (χ4n) is 1.81. The highest BCUT2D eigenvalue weighted by molar-refractivity contribution is 9.10. The van der Waals surface area contributed by atoms with Crippen molar-refractivity contribution in [2.75, 3.05) is 18.5 Å². The van der Waals surface area contributed by atoms with Crippen molar-refractivity contribution in [2.24, 2.45) is 0 Å². The number of nitrogens with one attached hydrogen (secondary N) is 1. The lowest BCUT2D eigenvalue weighted by Gasteiger charge is -2.15. The first-order valence-electron chi connectivity index (χ1n) is 6.61. The number of ether oxygens (including phenoxy) is 1. The molecule has 21 heavy (non-hydrogen) atoms. The van der Waals surface area contributed by atoms with Crippen molar-refractivity contribution >= 4 is 21.6 Å². The van der Waals surface area contributed by atoms with Crippen LogP contribution < -0.4 is 10.1 Å². The molecule has 0 heterocycles. The SMILES string of the molecule is Cc1c(Br)cccc1NCC(O)COc1ccc(F)cc1. The van der Waals surface area contributed by atoms with E-state index in [4.69, 9.17) is 4.74 Å². The van der Waals surface area contributed by atoms with Crippen LogP contribution in [-0.4, -0.2) is 24.4 Å². The number of halogens is 2. The second-order valence-electron chi connectivity index (χ2n) is 4.71. The molecule has 5 heteroatoms. The van der Waals surface area contributed by atoms with Crippen LogP contribution in [-0.2, 0) is 0 Å². The standard InChI is InChI=1S/C16H17BrFNO2/c1-11-15(17)3-2-4-16(11)19-9-13(20)10-21-14-7-5-12(18)6-8-14/h2-8,13,19-20H,9-10H2,1H3. The van der Waals surface area contributed by atoms with Gasteiger partial charge in [0.25, 0.3) is 0 Å². The summed E-state index contributed by atoms with van der Waals surface area (Å²) < 4.78 is 19.2. The Hall–Kier alpha value is -1.59. The normalized spacial score (nSPS) is 12.0. The minimum absolute atomic E-state index is 0.145. The zero-order valence-electron chi connectivity index (χ0n) is 11.6. The van der Waals surface area contributed by atoms with Gasteiger partial charge in [-0.1, -0.05) is 22.0 Å². The maximum atomic E-state index is 12.7. The molecule has 1 unspecified atom stereocenters. The second-order valence-corrected chi connectivity index (χ2v) is 5.57. The van der Waals surface area contributed by atoms with E-state index in [1.54, 1.807) is 0 Å². The van der Waals surface area contributed by atoms with E-state index in [0.717, 1.165) is 15.7 Å². The molecule has 0 bridgehead atoms. The largest absolute Gasteiger partial charge is 0.491 e. The lowest BCUT2D eigenvalue weighted by Crippen LogP contribution is -2.26. The predicted octanol–water partition coefficient (Wildman–Crippen LogP) is 3.75. The quantitative estimate of drug-likeness (QED) is 0.830. The van der Waals surface area contributed by atoms with E-state index in [0.29, 0.717) is 12.3 Å². The van der Waals surface area contributed by atoms with Gasteiger partial charge in [0.2, 0.25) is 0 Å². The Morgan fingerprint density at radius 2 is 1.95 bits per heavy atom. The molecular weight excluding hydrogens is 337 g/mol. The van der Waals surface area contributed by atoms with Crippen LogP contribution in [0, 0.1) is 12.7 Å². The van der Waals surface area contributed by atoms with Gasteiger partial charge in [0.1, 0.15) is 24.3 Å². The topological polar surface area (TPSA) is 41.5 Å². The fourth-order valence-corrected chi connectivity index (χ4v) is 2.18. The first-order valence-corrected chi connectivity index (χ1v) is 7.41. The number of benzene rings is 2. The Bertz CT molecular complexity index is 589. The average Bonchev–Trinajstić information content (AvgIpc) is 2.48. The number of hydrogen-bond acceptors (Lipinski definition) is 3. The zero-order valence-corrected chi connectivity index (χ0v) is 13.2. The number of aliphatic hydroxyl groups is 1. The van der Waals surface area contributed by atoms with Crippen molar-refractivity contribution in [3.63, 3.8) is 0 Å². The summed E-state index contributed by atoms with van der Waals surface area (Å²) in [4.78, 5) is 0. The van der Waals surface area contributed by atoms with Crippen molar-refractivity contribution in [1.82, 2.24) is 0 Å². The maximum Gasteiger partial charge on any atom is 0.123 e. The number of hydrogen-bond donors (Lipinski definition) is 2. The highest BCUT2D eigenvalue weighted by atomic mass is 79.9. The van der Waals surface area contributed by atoms with E-state index in [1.165, 1.54) is 24.3 Å². The third kappa shape index (κ3) is 4.72. The summed E-state index contributed by atoms with van der Waals surface area (Å²) in [6, 6.07) is 11.6.